The van der Waals surface area contributed by atoms with Crippen LogP contribution in [0.15, 0.2) is 0 Å². The fraction of sp³-hybridized carbons (Fsp3) is 1.00. The first-order chi connectivity index (χ1) is 8.15. The maximum Gasteiger partial charge on any atom is 0.0561 e. The highest BCUT2D eigenvalue weighted by atomic mass is 16.5. The summed E-state index contributed by atoms with van der Waals surface area (Å²) in [5.74, 6) is 0.857. The van der Waals surface area contributed by atoms with Crippen molar-refractivity contribution >= 4 is 0 Å². The maximum absolute atomic E-state index is 5.63. The lowest BCUT2D eigenvalue weighted by molar-refractivity contribution is -0.0129. The van der Waals surface area contributed by atoms with Gasteiger partial charge in [0.2, 0.25) is 0 Å². The van der Waals surface area contributed by atoms with Crippen LogP contribution >= 0.6 is 0 Å². The number of rotatable bonds is 4. The Kier molecular flexibility index (Phi) is 4.83. The van der Waals surface area contributed by atoms with Crippen molar-refractivity contribution in [1.82, 2.24) is 10.2 Å². The Bertz CT molecular complexity index is 232. The lowest BCUT2D eigenvalue weighted by Gasteiger charge is -2.34. The van der Waals surface area contributed by atoms with E-state index in [0.717, 1.165) is 18.6 Å². The molecule has 3 heteroatoms. The van der Waals surface area contributed by atoms with Gasteiger partial charge in [-0.1, -0.05) is 13.8 Å². The summed E-state index contributed by atoms with van der Waals surface area (Å²) in [7, 11) is 0. The van der Waals surface area contributed by atoms with E-state index in [2.05, 4.69) is 31.0 Å². The molecule has 0 saturated carbocycles. The molecule has 17 heavy (non-hydrogen) atoms. The fourth-order valence-corrected chi connectivity index (χ4v) is 3.07. The van der Waals surface area contributed by atoms with E-state index in [1.165, 1.54) is 38.9 Å². The molecule has 1 N–H and O–H groups in total. The van der Waals surface area contributed by atoms with E-state index in [1.54, 1.807) is 0 Å². The van der Waals surface area contributed by atoms with Crippen LogP contribution in [0.1, 0.15) is 40.0 Å². The summed E-state index contributed by atoms with van der Waals surface area (Å²) in [5.41, 5.74) is 0. The zero-order chi connectivity index (χ0) is 12.3. The van der Waals surface area contributed by atoms with E-state index in [0.29, 0.717) is 12.1 Å². The molecule has 2 aliphatic heterocycles. The molecule has 2 heterocycles. The lowest BCUT2D eigenvalue weighted by Crippen LogP contribution is -2.41. The van der Waals surface area contributed by atoms with E-state index in [9.17, 15) is 0 Å². The topological polar surface area (TPSA) is 24.5 Å². The van der Waals surface area contributed by atoms with Gasteiger partial charge in [-0.2, -0.15) is 0 Å². The molecule has 0 aromatic heterocycles. The van der Waals surface area contributed by atoms with Crippen LogP contribution in [0.3, 0.4) is 0 Å². The molecule has 0 bridgehead atoms. The SMILES string of the molecule is CC(C)NCC1CCN(C2CCOC(C)C2)C1. The Morgan fingerprint density at radius 1 is 1.35 bits per heavy atom. The summed E-state index contributed by atoms with van der Waals surface area (Å²) in [4.78, 5) is 2.70. The summed E-state index contributed by atoms with van der Waals surface area (Å²) in [5, 5.41) is 3.57. The quantitative estimate of drug-likeness (QED) is 0.812. The first kappa shape index (κ1) is 13.3. The smallest absolute Gasteiger partial charge is 0.0561 e. The minimum atomic E-state index is 0.460. The minimum Gasteiger partial charge on any atom is -0.378 e. The lowest BCUT2D eigenvalue weighted by atomic mass is 10.0. The van der Waals surface area contributed by atoms with Crippen molar-refractivity contribution in [3.8, 4) is 0 Å². The predicted molar refractivity (Wildman–Crippen MR) is 71.3 cm³/mol. The molecule has 0 aromatic rings. The van der Waals surface area contributed by atoms with Crippen molar-refractivity contribution in [1.29, 1.82) is 0 Å². The van der Waals surface area contributed by atoms with Crippen molar-refractivity contribution in [2.75, 3.05) is 26.2 Å². The van der Waals surface area contributed by atoms with Gasteiger partial charge in [-0.3, -0.25) is 4.90 Å². The van der Waals surface area contributed by atoms with Gasteiger partial charge < -0.3 is 10.1 Å². The third kappa shape index (κ3) is 3.94. The number of likely N-dealkylation sites (tertiary alicyclic amines) is 1. The van der Waals surface area contributed by atoms with Gasteiger partial charge in [0.1, 0.15) is 0 Å². The average molecular weight is 240 g/mol. The van der Waals surface area contributed by atoms with Crippen molar-refractivity contribution in [2.24, 2.45) is 5.92 Å². The average Bonchev–Trinajstić information content (AvgIpc) is 2.75. The molecule has 2 fully saturated rings. The van der Waals surface area contributed by atoms with Crippen LogP contribution in [0.25, 0.3) is 0 Å². The molecular weight excluding hydrogens is 212 g/mol. The number of nitrogens with zero attached hydrogens (tertiary/aromatic N) is 1. The monoisotopic (exact) mass is 240 g/mol. The third-order valence-corrected chi connectivity index (χ3v) is 4.11. The molecule has 0 spiro atoms. The fourth-order valence-electron chi connectivity index (χ4n) is 3.07. The van der Waals surface area contributed by atoms with Crippen LogP contribution in [0.2, 0.25) is 0 Å². The van der Waals surface area contributed by atoms with Crippen LogP contribution in [0.4, 0.5) is 0 Å². The number of ether oxygens (including phenoxy) is 1. The van der Waals surface area contributed by atoms with E-state index in [-0.39, 0.29) is 0 Å². The Labute approximate surface area is 106 Å². The number of nitrogens with one attached hydrogen (secondary N) is 1. The Morgan fingerprint density at radius 2 is 2.18 bits per heavy atom. The number of hydrogen-bond acceptors (Lipinski definition) is 3. The molecule has 3 atom stereocenters. The van der Waals surface area contributed by atoms with Crippen molar-refractivity contribution in [3.63, 3.8) is 0 Å². The Hall–Kier alpha value is -0.120. The zero-order valence-electron chi connectivity index (χ0n) is 11.6. The largest absolute Gasteiger partial charge is 0.378 e. The van der Waals surface area contributed by atoms with Gasteiger partial charge in [-0.25, -0.2) is 0 Å². The summed E-state index contributed by atoms with van der Waals surface area (Å²) in [6.45, 7) is 11.4. The molecule has 0 aliphatic carbocycles. The van der Waals surface area contributed by atoms with Gasteiger partial charge in [0.25, 0.3) is 0 Å². The van der Waals surface area contributed by atoms with Gasteiger partial charge in [0.15, 0.2) is 0 Å². The van der Waals surface area contributed by atoms with Crippen LogP contribution in [-0.2, 0) is 4.74 Å². The second kappa shape index (κ2) is 6.17. The standard InChI is InChI=1S/C14H28N2O/c1-11(2)15-9-13-4-6-16(10-13)14-5-7-17-12(3)8-14/h11-15H,4-10H2,1-3H3. The van der Waals surface area contributed by atoms with Gasteiger partial charge >= 0.3 is 0 Å². The van der Waals surface area contributed by atoms with Gasteiger partial charge in [-0.15, -0.1) is 0 Å². The zero-order valence-corrected chi connectivity index (χ0v) is 11.6. The normalized spacial score (nSPS) is 35.6. The highest BCUT2D eigenvalue weighted by Gasteiger charge is 2.30. The maximum atomic E-state index is 5.63. The van der Waals surface area contributed by atoms with Gasteiger partial charge in [0.05, 0.1) is 6.10 Å². The van der Waals surface area contributed by atoms with Crippen molar-refractivity contribution in [2.45, 2.75) is 58.2 Å². The third-order valence-electron chi connectivity index (χ3n) is 4.11. The van der Waals surface area contributed by atoms with E-state index in [4.69, 9.17) is 4.74 Å². The minimum absolute atomic E-state index is 0.460. The van der Waals surface area contributed by atoms with Crippen LogP contribution < -0.4 is 5.32 Å². The first-order valence-corrected chi connectivity index (χ1v) is 7.24. The second-order valence-corrected chi connectivity index (χ2v) is 6.07. The Morgan fingerprint density at radius 3 is 2.88 bits per heavy atom. The molecule has 100 valence electrons. The second-order valence-electron chi connectivity index (χ2n) is 6.07. The highest BCUT2D eigenvalue weighted by molar-refractivity contribution is 4.85. The molecule has 3 nitrogen and oxygen atoms in total. The molecule has 3 unspecified atom stereocenters. The molecule has 0 radical (unpaired) electrons. The molecule has 2 rings (SSSR count). The van der Waals surface area contributed by atoms with Crippen LogP contribution in [-0.4, -0.2) is 49.3 Å². The van der Waals surface area contributed by atoms with E-state index < -0.39 is 0 Å². The van der Waals surface area contributed by atoms with Crippen molar-refractivity contribution < 1.29 is 4.74 Å². The van der Waals surface area contributed by atoms with Crippen LogP contribution in [0, 0.1) is 5.92 Å². The van der Waals surface area contributed by atoms with Gasteiger partial charge in [-0.05, 0) is 45.2 Å². The highest BCUT2D eigenvalue weighted by Crippen LogP contribution is 2.25. The molecule has 2 aliphatic rings. The van der Waals surface area contributed by atoms with Gasteiger partial charge in [0, 0.05) is 25.2 Å². The molecular formula is C14H28N2O. The van der Waals surface area contributed by atoms with E-state index in [1.807, 2.05) is 0 Å². The Balaban J connectivity index is 1.73. The van der Waals surface area contributed by atoms with Crippen molar-refractivity contribution in [3.05, 3.63) is 0 Å². The summed E-state index contributed by atoms with van der Waals surface area (Å²) >= 11 is 0. The summed E-state index contributed by atoms with van der Waals surface area (Å²) in [6, 6.07) is 1.40. The molecule has 0 amide bonds. The predicted octanol–water partition coefficient (Wildman–Crippen LogP) is 1.87. The van der Waals surface area contributed by atoms with Crippen LogP contribution in [0.5, 0.6) is 0 Å². The summed E-state index contributed by atoms with van der Waals surface area (Å²) < 4.78 is 5.63. The molecule has 2 saturated heterocycles. The number of hydrogen-bond donors (Lipinski definition) is 1. The van der Waals surface area contributed by atoms with E-state index >= 15 is 0 Å². The summed E-state index contributed by atoms with van der Waals surface area (Å²) in [6.07, 6.45) is 4.28. The first-order valence-electron chi connectivity index (χ1n) is 7.24. The molecule has 0 aromatic carbocycles.